The van der Waals surface area contributed by atoms with E-state index in [1.165, 1.54) is 27.0 Å². The van der Waals surface area contributed by atoms with Crippen LogP contribution in [0.25, 0.3) is 5.65 Å². The molecule has 0 radical (unpaired) electrons. The fourth-order valence-electron chi connectivity index (χ4n) is 2.57. The van der Waals surface area contributed by atoms with Gasteiger partial charge in [-0.15, -0.1) is 0 Å². The molecule has 3 rings (SSSR count). The van der Waals surface area contributed by atoms with Gasteiger partial charge in [0.2, 0.25) is 0 Å². The number of carbonyl (C=O) groups is 1. The molecule has 1 aliphatic rings. The van der Waals surface area contributed by atoms with Gasteiger partial charge in [0.25, 0.3) is 0 Å². The minimum Gasteiger partial charge on any atom is -0.444 e. The Hall–Kier alpha value is -2.25. The summed E-state index contributed by atoms with van der Waals surface area (Å²) in [6.45, 7) is 3.50. The van der Waals surface area contributed by atoms with Crippen LogP contribution in [0.5, 0.6) is 0 Å². The first-order valence-corrected chi connectivity index (χ1v) is 8.18. The summed E-state index contributed by atoms with van der Waals surface area (Å²) in [6.07, 6.45) is -13.9. The van der Waals surface area contributed by atoms with E-state index in [1.54, 1.807) is 0 Å². The van der Waals surface area contributed by atoms with Gasteiger partial charge in [0.1, 0.15) is 11.2 Å². The highest BCUT2D eigenvalue weighted by molar-refractivity contribution is 5.68. The minimum absolute atomic E-state index is 0.220. The molecule has 0 aliphatic carbocycles. The van der Waals surface area contributed by atoms with Crippen molar-refractivity contribution in [3.8, 4) is 0 Å². The zero-order chi connectivity index (χ0) is 26.1. The predicted molar refractivity (Wildman–Crippen MR) is 94.5 cm³/mol. The third-order valence-corrected chi connectivity index (χ3v) is 3.66. The second kappa shape index (κ2) is 7.05. The number of alkyl halides is 3. The van der Waals surface area contributed by atoms with Crippen LogP contribution in [0.1, 0.15) is 60.7 Å². The highest BCUT2D eigenvalue weighted by atomic mass is 19.4. The number of ether oxygens (including phenoxy) is 1. The number of hydrogen-bond donors (Lipinski definition) is 0. The lowest BCUT2D eigenvalue weighted by molar-refractivity contribution is -0.136. The SMILES string of the molecule is [2H]C1([2H])CN(C(=O)OC(C)(C)C)[C@]([2H])(Cc2cn3cccc(C(F)(F)F)c3n2)C([2H])([2H])C1([2H])[2H]. The first kappa shape index (κ1) is 12.3. The lowest BCUT2D eigenvalue weighted by Crippen LogP contribution is -2.47. The molecular formula is C19H24F3N3O2. The molecule has 2 aromatic rings. The molecule has 1 amide bonds. The zero-order valence-electron chi connectivity index (χ0n) is 22.0. The maximum atomic E-state index is 13.4. The van der Waals surface area contributed by atoms with Crippen molar-refractivity contribution in [1.82, 2.24) is 14.3 Å². The smallest absolute Gasteiger partial charge is 0.419 e. The van der Waals surface area contributed by atoms with Crippen molar-refractivity contribution in [2.75, 3.05) is 6.54 Å². The number of nitrogens with zero attached hydrogens (tertiary/aromatic N) is 3. The van der Waals surface area contributed by atoms with Crippen molar-refractivity contribution >= 4 is 11.7 Å². The number of carbonyl (C=O) groups excluding carboxylic acids is 1. The van der Waals surface area contributed by atoms with Crippen LogP contribution in [0.3, 0.4) is 0 Å². The average molecular weight is 390 g/mol. The Morgan fingerprint density at radius 2 is 2.15 bits per heavy atom. The summed E-state index contributed by atoms with van der Waals surface area (Å²) < 4.78 is 105. The molecule has 0 spiro atoms. The van der Waals surface area contributed by atoms with Crippen LogP contribution in [0.15, 0.2) is 24.5 Å². The molecule has 8 heteroatoms. The number of piperidine rings is 1. The van der Waals surface area contributed by atoms with Crippen LogP contribution in [-0.2, 0) is 17.3 Å². The summed E-state index contributed by atoms with van der Waals surface area (Å²) >= 11 is 0. The van der Waals surface area contributed by atoms with Gasteiger partial charge in [-0.3, -0.25) is 0 Å². The number of fused-ring (bicyclic) bond motifs is 1. The Balaban J connectivity index is 2.15. The Morgan fingerprint density at radius 3 is 2.81 bits per heavy atom. The third-order valence-electron chi connectivity index (χ3n) is 3.66. The largest absolute Gasteiger partial charge is 0.444 e. The summed E-state index contributed by atoms with van der Waals surface area (Å²) in [6, 6.07) is -0.860. The Bertz CT molecular complexity index is 1110. The molecule has 2 aromatic heterocycles. The normalized spacial score (nSPS) is 30.9. The molecule has 1 saturated heterocycles. The minimum atomic E-state index is -4.74. The molecule has 148 valence electrons. The van der Waals surface area contributed by atoms with Gasteiger partial charge in [-0.2, -0.15) is 13.2 Å². The van der Waals surface area contributed by atoms with E-state index in [0.717, 1.165) is 22.7 Å². The first-order chi connectivity index (χ1) is 15.1. The van der Waals surface area contributed by atoms with Crippen LogP contribution >= 0.6 is 0 Å². The highest BCUT2D eigenvalue weighted by Gasteiger charge is 2.35. The topological polar surface area (TPSA) is 46.8 Å². The zero-order valence-corrected chi connectivity index (χ0v) is 15.0. The van der Waals surface area contributed by atoms with Gasteiger partial charge >= 0.3 is 12.3 Å². The predicted octanol–water partition coefficient (Wildman–Crippen LogP) is 4.69. The molecule has 1 atom stereocenters. The molecular weight excluding hydrogens is 359 g/mol. The summed E-state index contributed by atoms with van der Waals surface area (Å²) in [5, 5.41) is 0. The van der Waals surface area contributed by atoms with Crippen LogP contribution in [0.2, 0.25) is 0 Å². The Labute approximate surface area is 166 Å². The van der Waals surface area contributed by atoms with Gasteiger partial charge in [-0.1, -0.05) is 0 Å². The van der Waals surface area contributed by atoms with Crippen molar-refractivity contribution in [2.45, 2.75) is 64.1 Å². The molecule has 0 saturated carbocycles. The summed E-state index contributed by atoms with van der Waals surface area (Å²) in [7, 11) is 0. The van der Waals surface area contributed by atoms with E-state index in [2.05, 4.69) is 4.98 Å². The Kier molecular flexibility index (Phi) is 3.20. The quantitative estimate of drug-likeness (QED) is 0.748. The van der Waals surface area contributed by atoms with Crippen LogP contribution in [0, 0.1) is 0 Å². The van der Waals surface area contributed by atoms with E-state index in [9.17, 15) is 18.0 Å². The van der Waals surface area contributed by atoms with E-state index < -0.39 is 67.2 Å². The molecule has 27 heavy (non-hydrogen) atoms. The van der Waals surface area contributed by atoms with E-state index >= 15 is 0 Å². The number of halogens is 3. The maximum absolute atomic E-state index is 13.4. The Morgan fingerprint density at radius 1 is 1.41 bits per heavy atom. The number of aromatic nitrogens is 2. The molecule has 0 aromatic carbocycles. The summed E-state index contributed by atoms with van der Waals surface area (Å²) in [5.41, 5.74) is -2.89. The third kappa shape index (κ3) is 4.54. The number of likely N-dealkylation sites (tertiary alicyclic amines) is 1. The number of hydrogen-bond acceptors (Lipinski definition) is 3. The number of amides is 1. The van der Waals surface area contributed by atoms with E-state index in [-0.39, 0.29) is 5.69 Å². The average Bonchev–Trinajstić information content (AvgIpc) is 3.04. The van der Waals surface area contributed by atoms with Crippen molar-refractivity contribution in [2.24, 2.45) is 0 Å². The van der Waals surface area contributed by atoms with Gasteiger partial charge in [-0.05, 0) is 52.0 Å². The van der Waals surface area contributed by atoms with Crippen molar-refractivity contribution in [3.05, 3.63) is 35.8 Å². The second-order valence-corrected chi connectivity index (χ2v) is 7.00. The molecule has 5 nitrogen and oxygen atoms in total. The molecule has 3 heterocycles. The first-order valence-electron chi connectivity index (χ1n) is 11.7. The monoisotopic (exact) mass is 390 g/mol. The van der Waals surface area contributed by atoms with E-state index in [1.807, 2.05) is 0 Å². The molecule has 0 unspecified atom stereocenters. The van der Waals surface area contributed by atoms with Gasteiger partial charge in [0.05, 0.1) is 12.6 Å². The number of imidazole rings is 1. The van der Waals surface area contributed by atoms with Gasteiger partial charge in [0, 0.05) is 39.6 Å². The number of rotatable bonds is 2. The molecule has 1 fully saturated rings. The van der Waals surface area contributed by atoms with Crippen LogP contribution in [0.4, 0.5) is 18.0 Å². The van der Waals surface area contributed by atoms with Gasteiger partial charge in [0.15, 0.2) is 0 Å². The van der Waals surface area contributed by atoms with Crippen LogP contribution < -0.4 is 0 Å². The van der Waals surface area contributed by atoms with Crippen molar-refractivity contribution in [1.29, 1.82) is 0 Å². The van der Waals surface area contributed by atoms with E-state index in [4.69, 9.17) is 14.3 Å². The summed E-state index contributed by atoms with van der Waals surface area (Å²) in [4.78, 5) is 17.3. The van der Waals surface area contributed by atoms with Crippen molar-refractivity contribution < 1.29 is 32.3 Å². The molecule has 0 bridgehead atoms. The fraction of sp³-hybridized carbons (Fsp3) is 0.579. The van der Waals surface area contributed by atoms with Crippen LogP contribution in [-0.4, -0.2) is 38.5 Å². The lowest BCUT2D eigenvalue weighted by Gasteiger charge is -2.36. The molecule has 0 N–H and O–H groups in total. The van der Waals surface area contributed by atoms with Gasteiger partial charge < -0.3 is 14.0 Å². The standard InChI is InChI=1S/C19H24F3N3O2/c1-18(2,3)27-17(26)25-10-5-4-7-14(25)11-13-12-24-9-6-8-15(16(24)23-13)19(20,21)22/h6,8-9,12,14H,4-5,7,10-11H2,1-3H3/t14-/m0/s1/i4D2,5D2,7D2,14D. The second-order valence-electron chi connectivity index (χ2n) is 7.00. The van der Waals surface area contributed by atoms with Crippen molar-refractivity contribution in [3.63, 3.8) is 0 Å². The van der Waals surface area contributed by atoms with Gasteiger partial charge in [-0.25, -0.2) is 9.78 Å². The fourth-order valence-corrected chi connectivity index (χ4v) is 2.57. The maximum Gasteiger partial charge on any atom is 0.419 e. The lowest BCUT2D eigenvalue weighted by atomic mass is 9.98. The molecule has 1 aliphatic heterocycles. The highest BCUT2D eigenvalue weighted by Crippen LogP contribution is 2.32. The number of pyridine rings is 1. The van der Waals surface area contributed by atoms with E-state index in [0.29, 0.717) is 4.90 Å². The summed E-state index contributed by atoms with van der Waals surface area (Å²) in [5.74, 6) is 0.